The highest BCUT2D eigenvalue weighted by Crippen LogP contribution is 2.21. The highest BCUT2D eigenvalue weighted by molar-refractivity contribution is 7.86. The van der Waals surface area contributed by atoms with E-state index in [9.17, 15) is 9.00 Å². The van der Waals surface area contributed by atoms with Crippen molar-refractivity contribution in [1.29, 1.82) is 0 Å². The molecule has 2 nitrogen and oxygen atoms in total. The first-order chi connectivity index (χ1) is 10.8. The van der Waals surface area contributed by atoms with E-state index in [1.807, 2.05) is 30.3 Å². The van der Waals surface area contributed by atoms with Crippen molar-refractivity contribution >= 4 is 16.6 Å². The summed E-state index contributed by atoms with van der Waals surface area (Å²) in [4.78, 5) is 13.3. The summed E-state index contributed by atoms with van der Waals surface area (Å²) in [5.41, 5.74) is 0. The molecule has 2 atom stereocenters. The lowest BCUT2D eigenvalue weighted by Gasteiger charge is -2.15. The molecule has 1 aliphatic carbocycles. The molecule has 122 valence electrons. The number of carbonyl (C=O) groups excluding carboxylic acids is 1. The topological polar surface area (TPSA) is 34.1 Å². The van der Waals surface area contributed by atoms with E-state index in [2.05, 4.69) is 0 Å². The molecule has 0 spiro atoms. The first-order valence-corrected chi connectivity index (χ1v) is 9.98. The maximum atomic E-state index is 12.8. The Labute approximate surface area is 137 Å². The van der Waals surface area contributed by atoms with Gasteiger partial charge in [0.1, 0.15) is 5.78 Å². The SMILES string of the molecule is O=C1CCCCCCCCCCCC1S(=O)c1ccccc1. The second-order valence-corrected chi connectivity index (χ2v) is 7.92. The molecule has 0 heterocycles. The quantitative estimate of drug-likeness (QED) is 0.765. The number of carbonyl (C=O) groups is 1. The molecule has 0 aliphatic heterocycles. The van der Waals surface area contributed by atoms with Gasteiger partial charge in [0, 0.05) is 11.3 Å². The second kappa shape index (κ2) is 9.94. The van der Waals surface area contributed by atoms with Crippen LogP contribution in [0.4, 0.5) is 0 Å². The largest absolute Gasteiger partial charge is 0.298 e. The Kier molecular flexibility index (Phi) is 7.86. The van der Waals surface area contributed by atoms with E-state index in [0.29, 0.717) is 6.42 Å². The molecule has 2 unspecified atom stereocenters. The highest BCUT2D eigenvalue weighted by Gasteiger charge is 2.25. The van der Waals surface area contributed by atoms with Gasteiger partial charge in [-0.15, -0.1) is 0 Å². The van der Waals surface area contributed by atoms with E-state index in [0.717, 1.165) is 37.0 Å². The van der Waals surface area contributed by atoms with E-state index >= 15 is 0 Å². The molecule has 0 radical (unpaired) electrons. The van der Waals surface area contributed by atoms with Crippen LogP contribution in [0.2, 0.25) is 0 Å². The summed E-state index contributed by atoms with van der Waals surface area (Å²) in [6, 6.07) is 9.48. The zero-order chi connectivity index (χ0) is 15.6. The smallest absolute Gasteiger partial charge is 0.148 e. The van der Waals surface area contributed by atoms with Crippen molar-refractivity contribution in [3.8, 4) is 0 Å². The monoisotopic (exact) mass is 320 g/mol. The van der Waals surface area contributed by atoms with Gasteiger partial charge in [0.2, 0.25) is 0 Å². The summed E-state index contributed by atoms with van der Waals surface area (Å²) >= 11 is 0. The van der Waals surface area contributed by atoms with Crippen LogP contribution in [0.5, 0.6) is 0 Å². The van der Waals surface area contributed by atoms with E-state index in [1.54, 1.807) is 0 Å². The Morgan fingerprint density at radius 3 is 1.95 bits per heavy atom. The van der Waals surface area contributed by atoms with Crippen LogP contribution < -0.4 is 0 Å². The molecule has 1 aromatic rings. The van der Waals surface area contributed by atoms with Gasteiger partial charge < -0.3 is 0 Å². The zero-order valence-electron chi connectivity index (χ0n) is 13.5. The predicted octanol–water partition coefficient (Wildman–Crippen LogP) is 5.04. The van der Waals surface area contributed by atoms with Gasteiger partial charge in [0.05, 0.1) is 16.0 Å². The van der Waals surface area contributed by atoms with Crippen molar-refractivity contribution in [3.63, 3.8) is 0 Å². The van der Waals surface area contributed by atoms with Crippen molar-refractivity contribution in [2.24, 2.45) is 0 Å². The van der Waals surface area contributed by atoms with Crippen molar-refractivity contribution in [2.45, 2.75) is 80.8 Å². The molecule has 3 heteroatoms. The van der Waals surface area contributed by atoms with Gasteiger partial charge >= 0.3 is 0 Å². The summed E-state index contributed by atoms with van der Waals surface area (Å²) in [6.07, 6.45) is 12.1. The first kappa shape index (κ1) is 17.4. The Balaban J connectivity index is 2.02. The molecule has 22 heavy (non-hydrogen) atoms. The summed E-state index contributed by atoms with van der Waals surface area (Å²) < 4.78 is 12.8. The van der Waals surface area contributed by atoms with Crippen LogP contribution >= 0.6 is 0 Å². The molecule has 1 aromatic carbocycles. The van der Waals surface area contributed by atoms with Crippen molar-refractivity contribution in [2.75, 3.05) is 0 Å². The van der Waals surface area contributed by atoms with Crippen LogP contribution in [0.15, 0.2) is 35.2 Å². The van der Waals surface area contributed by atoms with Crippen LogP contribution in [0, 0.1) is 0 Å². The maximum Gasteiger partial charge on any atom is 0.148 e. The number of hydrogen-bond donors (Lipinski definition) is 0. The van der Waals surface area contributed by atoms with Crippen LogP contribution in [0.25, 0.3) is 0 Å². The van der Waals surface area contributed by atoms with Crippen molar-refractivity contribution in [3.05, 3.63) is 30.3 Å². The third kappa shape index (κ3) is 5.68. The molecule has 1 saturated carbocycles. The molecular weight excluding hydrogens is 292 g/mol. The highest BCUT2D eigenvalue weighted by atomic mass is 32.2. The average molecular weight is 320 g/mol. The summed E-state index contributed by atoms with van der Waals surface area (Å²) in [5, 5.41) is -0.303. The first-order valence-electron chi connectivity index (χ1n) is 8.77. The molecular formula is C19H28O2S. The molecule has 1 aliphatic rings. The number of hydrogen-bond acceptors (Lipinski definition) is 2. The number of benzene rings is 1. The fourth-order valence-electron chi connectivity index (χ4n) is 3.13. The van der Waals surface area contributed by atoms with Crippen LogP contribution in [-0.2, 0) is 15.6 Å². The number of rotatable bonds is 2. The number of ketones is 1. The fourth-order valence-corrected chi connectivity index (χ4v) is 4.62. The molecule has 0 aromatic heterocycles. The minimum atomic E-state index is -1.20. The molecule has 0 saturated heterocycles. The molecule has 0 bridgehead atoms. The second-order valence-electron chi connectivity index (χ2n) is 6.29. The lowest BCUT2D eigenvalue weighted by Crippen LogP contribution is -2.26. The summed E-state index contributed by atoms with van der Waals surface area (Å²) in [5.74, 6) is 0.210. The van der Waals surface area contributed by atoms with Crippen molar-refractivity contribution < 1.29 is 9.00 Å². The van der Waals surface area contributed by atoms with Gasteiger partial charge in [-0.25, -0.2) is 0 Å². The zero-order valence-corrected chi connectivity index (χ0v) is 14.3. The van der Waals surface area contributed by atoms with Gasteiger partial charge in [-0.1, -0.05) is 69.6 Å². The van der Waals surface area contributed by atoms with Gasteiger partial charge in [0.15, 0.2) is 0 Å². The Morgan fingerprint density at radius 2 is 1.32 bits per heavy atom. The van der Waals surface area contributed by atoms with E-state index in [4.69, 9.17) is 0 Å². The summed E-state index contributed by atoms with van der Waals surface area (Å²) in [7, 11) is -1.20. The van der Waals surface area contributed by atoms with Gasteiger partial charge in [-0.2, -0.15) is 0 Å². The Hall–Kier alpha value is -0.960. The minimum absolute atomic E-state index is 0.210. The van der Waals surface area contributed by atoms with E-state index in [-0.39, 0.29) is 11.0 Å². The third-order valence-corrected chi connectivity index (χ3v) is 6.23. The van der Waals surface area contributed by atoms with Gasteiger partial charge in [-0.05, 0) is 25.0 Å². The fraction of sp³-hybridized carbons (Fsp3) is 0.632. The maximum absolute atomic E-state index is 12.8. The third-order valence-electron chi connectivity index (χ3n) is 4.48. The molecule has 2 rings (SSSR count). The van der Waals surface area contributed by atoms with Crippen LogP contribution in [0.3, 0.4) is 0 Å². The van der Waals surface area contributed by atoms with Gasteiger partial charge in [-0.3, -0.25) is 9.00 Å². The summed E-state index contributed by atoms with van der Waals surface area (Å²) in [6.45, 7) is 0. The molecule has 0 amide bonds. The minimum Gasteiger partial charge on any atom is -0.298 e. The molecule has 0 N–H and O–H groups in total. The lowest BCUT2D eigenvalue weighted by atomic mass is 10.0. The Morgan fingerprint density at radius 1 is 0.773 bits per heavy atom. The average Bonchev–Trinajstić information content (AvgIpc) is 2.57. The van der Waals surface area contributed by atoms with Crippen LogP contribution in [0.1, 0.15) is 70.6 Å². The normalized spacial score (nSPS) is 23.8. The van der Waals surface area contributed by atoms with E-state index in [1.165, 1.54) is 32.1 Å². The Bertz CT molecular complexity index is 470. The predicted molar refractivity (Wildman–Crippen MR) is 92.4 cm³/mol. The number of Topliss-reactive ketones (excluding diaryl/α,β-unsaturated/α-hetero) is 1. The van der Waals surface area contributed by atoms with Crippen molar-refractivity contribution in [1.82, 2.24) is 0 Å². The molecule has 1 fully saturated rings. The lowest BCUT2D eigenvalue weighted by molar-refractivity contribution is -0.118. The standard InChI is InChI=1S/C19H28O2S/c20-18-15-11-6-4-2-1-3-5-7-12-16-19(18)22(21)17-13-9-8-10-14-17/h8-10,13-14,19H,1-7,11-12,15-16H2. The van der Waals surface area contributed by atoms with Gasteiger partial charge in [0.25, 0.3) is 0 Å². The van der Waals surface area contributed by atoms with E-state index < -0.39 is 10.8 Å². The van der Waals surface area contributed by atoms with Crippen LogP contribution in [-0.4, -0.2) is 15.2 Å².